The molecule has 3 heterocycles. The van der Waals surface area contributed by atoms with Gasteiger partial charge in [0.25, 0.3) is 0 Å². The maximum absolute atomic E-state index is 16.1. The maximum atomic E-state index is 16.1. The number of fused-ring (bicyclic) bond motifs is 2. The van der Waals surface area contributed by atoms with Gasteiger partial charge in [0.1, 0.15) is 34.4 Å². The lowest BCUT2D eigenvalue weighted by molar-refractivity contribution is 0.476. The zero-order valence-corrected chi connectivity index (χ0v) is 18.8. The van der Waals surface area contributed by atoms with Crippen LogP contribution in [0.25, 0.3) is 32.9 Å². The standard InChI is InChI=1S/C27H22F2N4O/c1-4-18-21(28)9-8-16-12-17(34)13-19(22(16)18)24-23(29)25-20(14-30-24)27(32-26(31-25)15(2)3)33-10-6-5-7-11-33/h1,5-6,8-9,12-15,34H,7,10-11H2,2-3H3. The molecule has 0 unspecified atom stereocenters. The highest BCUT2D eigenvalue weighted by Crippen LogP contribution is 2.38. The number of anilines is 1. The van der Waals surface area contributed by atoms with Crippen LogP contribution in [0.5, 0.6) is 5.75 Å². The summed E-state index contributed by atoms with van der Waals surface area (Å²) in [4.78, 5) is 15.7. The summed E-state index contributed by atoms with van der Waals surface area (Å²) in [5.74, 6) is 2.10. The highest BCUT2D eigenvalue weighted by Gasteiger charge is 2.23. The molecule has 0 saturated carbocycles. The molecule has 0 fully saturated rings. The number of aromatic nitrogens is 3. The summed E-state index contributed by atoms with van der Waals surface area (Å²) in [7, 11) is 0. The van der Waals surface area contributed by atoms with Gasteiger partial charge in [0.2, 0.25) is 0 Å². The Kier molecular flexibility index (Phi) is 5.37. The van der Waals surface area contributed by atoms with E-state index in [1.807, 2.05) is 13.8 Å². The van der Waals surface area contributed by atoms with Gasteiger partial charge >= 0.3 is 0 Å². The summed E-state index contributed by atoms with van der Waals surface area (Å²) < 4.78 is 30.6. The second-order valence-electron chi connectivity index (χ2n) is 8.61. The Morgan fingerprint density at radius 2 is 1.97 bits per heavy atom. The Hall–Kier alpha value is -4.05. The lowest BCUT2D eigenvalue weighted by Crippen LogP contribution is -2.28. The third-order valence-electron chi connectivity index (χ3n) is 6.01. The van der Waals surface area contributed by atoms with Gasteiger partial charge in [0.05, 0.1) is 10.9 Å². The molecule has 34 heavy (non-hydrogen) atoms. The number of halogens is 2. The van der Waals surface area contributed by atoms with Gasteiger partial charge in [0, 0.05) is 36.2 Å². The zero-order chi connectivity index (χ0) is 24.0. The molecule has 4 aromatic rings. The van der Waals surface area contributed by atoms with E-state index in [0.717, 1.165) is 13.0 Å². The van der Waals surface area contributed by atoms with Gasteiger partial charge in [-0.1, -0.05) is 38.0 Å². The van der Waals surface area contributed by atoms with Crippen molar-refractivity contribution in [2.45, 2.75) is 26.2 Å². The van der Waals surface area contributed by atoms with E-state index in [1.54, 1.807) is 0 Å². The van der Waals surface area contributed by atoms with E-state index in [2.05, 4.69) is 32.9 Å². The molecule has 5 nitrogen and oxygen atoms in total. The van der Waals surface area contributed by atoms with Crippen molar-refractivity contribution in [3.05, 3.63) is 65.6 Å². The first-order valence-electron chi connectivity index (χ1n) is 11.1. The van der Waals surface area contributed by atoms with E-state index in [-0.39, 0.29) is 34.0 Å². The highest BCUT2D eigenvalue weighted by molar-refractivity contribution is 6.03. The predicted molar refractivity (Wildman–Crippen MR) is 130 cm³/mol. The van der Waals surface area contributed by atoms with Crippen LogP contribution in [-0.4, -0.2) is 33.1 Å². The van der Waals surface area contributed by atoms with Crippen molar-refractivity contribution in [2.75, 3.05) is 18.0 Å². The van der Waals surface area contributed by atoms with Crippen LogP contribution in [0.1, 0.15) is 37.6 Å². The van der Waals surface area contributed by atoms with Crippen LogP contribution in [0, 0.1) is 24.0 Å². The average molecular weight is 456 g/mol. The van der Waals surface area contributed by atoms with Crippen LogP contribution in [0.4, 0.5) is 14.6 Å². The van der Waals surface area contributed by atoms with Crippen LogP contribution < -0.4 is 4.90 Å². The largest absolute Gasteiger partial charge is 0.508 e. The Bertz CT molecular complexity index is 1520. The first kappa shape index (κ1) is 21.8. The molecular weight excluding hydrogens is 434 g/mol. The van der Waals surface area contributed by atoms with Crippen LogP contribution in [0.3, 0.4) is 0 Å². The molecule has 5 rings (SSSR count). The molecule has 7 heteroatoms. The second kappa shape index (κ2) is 8.38. The first-order valence-corrected chi connectivity index (χ1v) is 11.1. The summed E-state index contributed by atoms with van der Waals surface area (Å²) in [6.07, 6.45) is 12.2. The van der Waals surface area contributed by atoms with Crippen molar-refractivity contribution in [3.63, 3.8) is 0 Å². The van der Waals surface area contributed by atoms with Crippen LogP contribution in [-0.2, 0) is 0 Å². The van der Waals surface area contributed by atoms with Crippen molar-refractivity contribution in [2.24, 2.45) is 0 Å². The third-order valence-corrected chi connectivity index (χ3v) is 6.01. The number of phenolic OH excluding ortho intramolecular Hbond substituents is 1. The molecule has 2 aromatic heterocycles. The summed E-state index contributed by atoms with van der Waals surface area (Å²) in [5.41, 5.74) is 0.256. The number of aromatic hydroxyl groups is 1. The highest BCUT2D eigenvalue weighted by atomic mass is 19.1. The number of phenols is 1. The Morgan fingerprint density at radius 3 is 2.68 bits per heavy atom. The fourth-order valence-electron chi connectivity index (χ4n) is 4.33. The summed E-state index contributed by atoms with van der Waals surface area (Å²) in [5, 5.41) is 11.6. The van der Waals surface area contributed by atoms with Gasteiger partial charge in [-0.15, -0.1) is 6.42 Å². The van der Waals surface area contributed by atoms with Crippen molar-refractivity contribution in [3.8, 4) is 29.4 Å². The van der Waals surface area contributed by atoms with Crippen LogP contribution >= 0.6 is 0 Å². The number of rotatable bonds is 3. The summed E-state index contributed by atoms with van der Waals surface area (Å²) in [6.45, 7) is 5.32. The molecule has 1 aliphatic rings. The molecular formula is C27H22F2N4O. The number of hydrogen-bond acceptors (Lipinski definition) is 5. The lowest BCUT2D eigenvalue weighted by Gasteiger charge is -2.26. The molecule has 0 spiro atoms. The quantitative estimate of drug-likeness (QED) is 0.317. The lowest BCUT2D eigenvalue weighted by atomic mass is 9.95. The topological polar surface area (TPSA) is 62.1 Å². The zero-order valence-electron chi connectivity index (χ0n) is 18.8. The number of nitrogens with zero attached hydrogens (tertiary/aromatic N) is 4. The molecule has 0 atom stereocenters. The van der Waals surface area contributed by atoms with Gasteiger partial charge in [-0.05, 0) is 30.0 Å². The van der Waals surface area contributed by atoms with Crippen molar-refractivity contribution in [1.29, 1.82) is 0 Å². The summed E-state index contributed by atoms with van der Waals surface area (Å²) in [6, 6.07) is 5.53. The van der Waals surface area contributed by atoms with Crippen molar-refractivity contribution < 1.29 is 13.9 Å². The van der Waals surface area contributed by atoms with Gasteiger partial charge in [0.15, 0.2) is 5.82 Å². The van der Waals surface area contributed by atoms with E-state index < -0.39 is 11.6 Å². The number of pyridine rings is 1. The Morgan fingerprint density at radius 1 is 1.15 bits per heavy atom. The number of benzene rings is 2. The monoisotopic (exact) mass is 456 g/mol. The average Bonchev–Trinajstić information content (AvgIpc) is 2.84. The van der Waals surface area contributed by atoms with Crippen molar-refractivity contribution in [1.82, 2.24) is 15.0 Å². The SMILES string of the molecule is C#Cc1c(F)ccc2cc(O)cc(-c3ncc4c(N5CC=CCC5)nc(C(C)C)nc4c3F)c12. The number of terminal acetylenes is 1. The molecule has 1 aliphatic heterocycles. The molecule has 0 amide bonds. The third kappa shape index (κ3) is 3.52. The van der Waals surface area contributed by atoms with Gasteiger partial charge in [-0.25, -0.2) is 18.7 Å². The van der Waals surface area contributed by atoms with Gasteiger partial charge in [-0.3, -0.25) is 4.98 Å². The maximum Gasteiger partial charge on any atom is 0.175 e. The minimum absolute atomic E-state index is 0.0138. The Labute approximate surface area is 195 Å². The van der Waals surface area contributed by atoms with Gasteiger partial charge in [-0.2, -0.15) is 0 Å². The van der Waals surface area contributed by atoms with E-state index in [0.29, 0.717) is 34.3 Å². The summed E-state index contributed by atoms with van der Waals surface area (Å²) >= 11 is 0. The smallest absolute Gasteiger partial charge is 0.175 e. The van der Waals surface area contributed by atoms with E-state index in [4.69, 9.17) is 11.4 Å². The molecule has 0 radical (unpaired) electrons. The van der Waals surface area contributed by atoms with E-state index in [9.17, 15) is 9.50 Å². The molecule has 2 aromatic carbocycles. The van der Waals surface area contributed by atoms with Crippen LogP contribution in [0.15, 0.2) is 42.6 Å². The predicted octanol–water partition coefficient (Wildman–Crippen LogP) is 5.70. The molecule has 170 valence electrons. The molecule has 0 bridgehead atoms. The van der Waals surface area contributed by atoms with Gasteiger partial charge < -0.3 is 10.0 Å². The van der Waals surface area contributed by atoms with E-state index >= 15 is 4.39 Å². The Balaban J connectivity index is 1.83. The minimum Gasteiger partial charge on any atom is -0.508 e. The van der Waals surface area contributed by atoms with Crippen molar-refractivity contribution >= 4 is 27.5 Å². The molecule has 0 saturated heterocycles. The second-order valence-corrected chi connectivity index (χ2v) is 8.61. The fraction of sp³-hybridized carbons (Fsp3) is 0.222. The number of hydrogen-bond donors (Lipinski definition) is 1. The minimum atomic E-state index is -0.672. The van der Waals surface area contributed by atoms with Crippen LogP contribution in [0.2, 0.25) is 0 Å². The normalized spacial score (nSPS) is 13.7. The fourth-order valence-corrected chi connectivity index (χ4v) is 4.33. The first-order chi connectivity index (χ1) is 16.4. The molecule has 1 N–H and O–H groups in total. The molecule has 0 aliphatic carbocycles. The van der Waals surface area contributed by atoms with E-state index in [1.165, 1.54) is 30.5 Å².